The maximum Gasteiger partial charge on any atom is 0.241 e. The van der Waals surface area contributed by atoms with E-state index in [1.54, 1.807) is 24.3 Å². The second kappa shape index (κ2) is 8.90. The van der Waals surface area contributed by atoms with Crippen molar-refractivity contribution in [1.82, 2.24) is 5.32 Å². The molecule has 146 valence electrons. The van der Waals surface area contributed by atoms with Gasteiger partial charge < -0.3 is 10.1 Å². The number of carbonyl (C=O) groups is 1. The van der Waals surface area contributed by atoms with Crippen molar-refractivity contribution in [2.75, 3.05) is 23.7 Å². The molecule has 0 saturated carbocycles. The fraction of sp³-hybridized carbons (Fsp3) is 0.350. The van der Waals surface area contributed by atoms with E-state index in [2.05, 4.69) is 5.32 Å². The smallest absolute Gasteiger partial charge is 0.241 e. The fourth-order valence-corrected chi connectivity index (χ4v) is 3.54. The highest BCUT2D eigenvalue weighted by atomic mass is 32.2. The number of nitrogens with zero attached hydrogens (tertiary/aromatic N) is 1. The molecule has 0 unspecified atom stereocenters. The van der Waals surface area contributed by atoms with Gasteiger partial charge in [0, 0.05) is 0 Å². The molecular weight excluding hydrogens is 364 g/mol. The van der Waals surface area contributed by atoms with E-state index in [0.29, 0.717) is 18.0 Å². The maximum absolute atomic E-state index is 12.5. The molecule has 0 bridgehead atoms. The van der Waals surface area contributed by atoms with Crippen LogP contribution in [0.25, 0.3) is 0 Å². The molecular formula is C20H26N2O4S. The van der Waals surface area contributed by atoms with E-state index in [1.807, 2.05) is 45.0 Å². The van der Waals surface area contributed by atoms with Gasteiger partial charge in [0.25, 0.3) is 0 Å². The number of nitrogens with one attached hydrogen (secondary N) is 1. The Morgan fingerprint density at radius 3 is 2.37 bits per heavy atom. The quantitative estimate of drug-likeness (QED) is 0.752. The van der Waals surface area contributed by atoms with Crippen molar-refractivity contribution in [2.45, 2.75) is 26.8 Å². The Kier molecular flexibility index (Phi) is 6.85. The monoisotopic (exact) mass is 390 g/mol. The number of para-hydroxylation sites is 2. The van der Waals surface area contributed by atoms with Crippen molar-refractivity contribution >= 4 is 21.6 Å². The van der Waals surface area contributed by atoms with Crippen LogP contribution in [0.2, 0.25) is 0 Å². The summed E-state index contributed by atoms with van der Waals surface area (Å²) in [5, 5.41) is 2.85. The van der Waals surface area contributed by atoms with Crippen LogP contribution in [0.4, 0.5) is 5.69 Å². The van der Waals surface area contributed by atoms with Crippen LogP contribution in [-0.2, 0) is 14.8 Å². The van der Waals surface area contributed by atoms with Crippen LogP contribution in [0.5, 0.6) is 5.75 Å². The number of carbonyl (C=O) groups excluding carboxylic acids is 1. The minimum atomic E-state index is -3.67. The molecule has 0 aliphatic heterocycles. The molecule has 0 heterocycles. The Bertz CT molecular complexity index is 879. The highest BCUT2D eigenvalue weighted by Crippen LogP contribution is 2.29. The molecule has 0 aromatic heterocycles. The first-order valence-corrected chi connectivity index (χ1v) is 10.6. The lowest BCUT2D eigenvalue weighted by Gasteiger charge is -2.25. The molecule has 7 heteroatoms. The summed E-state index contributed by atoms with van der Waals surface area (Å²) in [5.41, 5.74) is 2.43. The molecule has 1 amide bonds. The molecule has 0 radical (unpaired) electrons. The van der Waals surface area contributed by atoms with E-state index in [-0.39, 0.29) is 18.5 Å². The van der Waals surface area contributed by atoms with Gasteiger partial charge in [0.1, 0.15) is 12.3 Å². The average molecular weight is 391 g/mol. The van der Waals surface area contributed by atoms with Gasteiger partial charge in [0.05, 0.1) is 24.6 Å². The summed E-state index contributed by atoms with van der Waals surface area (Å²) in [7, 11) is -3.67. The minimum Gasteiger partial charge on any atom is -0.492 e. The van der Waals surface area contributed by atoms with E-state index in [0.717, 1.165) is 21.7 Å². The largest absolute Gasteiger partial charge is 0.492 e. The number of hydrogen-bond donors (Lipinski definition) is 1. The predicted octanol–water partition coefficient (Wildman–Crippen LogP) is 3.04. The van der Waals surface area contributed by atoms with E-state index >= 15 is 0 Å². The van der Waals surface area contributed by atoms with E-state index in [4.69, 9.17) is 4.74 Å². The third kappa shape index (κ3) is 5.72. The number of aryl methyl sites for hydroxylation is 1. The van der Waals surface area contributed by atoms with Gasteiger partial charge in [-0.1, -0.05) is 42.0 Å². The number of sulfonamides is 1. The molecule has 2 rings (SSSR count). The summed E-state index contributed by atoms with van der Waals surface area (Å²) < 4.78 is 31.2. The molecule has 27 heavy (non-hydrogen) atoms. The van der Waals surface area contributed by atoms with Gasteiger partial charge in [-0.05, 0) is 38.5 Å². The lowest BCUT2D eigenvalue weighted by Crippen LogP contribution is -2.41. The SMILES string of the molecule is CCOc1ccccc1N(CC(=O)N[C@H](C)c1ccc(C)cc1)S(C)(=O)=O. The summed E-state index contributed by atoms with van der Waals surface area (Å²) in [4.78, 5) is 12.5. The molecule has 6 nitrogen and oxygen atoms in total. The molecule has 0 fully saturated rings. The van der Waals surface area contributed by atoms with Crippen molar-refractivity contribution in [1.29, 1.82) is 0 Å². The Labute approximate surface area is 161 Å². The second-order valence-corrected chi connectivity index (χ2v) is 8.28. The van der Waals surface area contributed by atoms with Gasteiger partial charge in [0.2, 0.25) is 15.9 Å². The van der Waals surface area contributed by atoms with Crippen molar-refractivity contribution in [2.24, 2.45) is 0 Å². The van der Waals surface area contributed by atoms with Gasteiger partial charge in [-0.15, -0.1) is 0 Å². The first kappa shape index (κ1) is 20.8. The Hall–Kier alpha value is -2.54. The third-order valence-electron chi connectivity index (χ3n) is 4.08. The van der Waals surface area contributed by atoms with Gasteiger partial charge in [-0.3, -0.25) is 9.10 Å². The summed E-state index contributed by atoms with van der Waals surface area (Å²) >= 11 is 0. The molecule has 1 atom stereocenters. The van der Waals surface area contributed by atoms with E-state index < -0.39 is 10.0 Å². The zero-order chi connectivity index (χ0) is 20.0. The minimum absolute atomic E-state index is 0.235. The van der Waals surface area contributed by atoms with E-state index in [1.165, 1.54) is 0 Å². The summed E-state index contributed by atoms with van der Waals surface area (Å²) in [6.07, 6.45) is 1.08. The lowest BCUT2D eigenvalue weighted by molar-refractivity contribution is -0.120. The highest BCUT2D eigenvalue weighted by Gasteiger charge is 2.24. The van der Waals surface area contributed by atoms with Crippen LogP contribution in [0, 0.1) is 6.92 Å². The highest BCUT2D eigenvalue weighted by molar-refractivity contribution is 7.92. The normalized spacial score (nSPS) is 12.3. The summed E-state index contributed by atoms with van der Waals surface area (Å²) in [6, 6.07) is 14.4. The number of rotatable bonds is 8. The predicted molar refractivity (Wildman–Crippen MR) is 108 cm³/mol. The Morgan fingerprint density at radius 2 is 1.78 bits per heavy atom. The number of amides is 1. The van der Waals surface area contributed by atoms with E-state index in [9.17, 15) is 13.2 Å². The molecule has 0 aliphatic rings. The van der Waals surface area contributed by atoms with Gasteiger partial charge in [-0.25, -0.2) is 8.42 Å². The number of anilines is 1. The number of hydrogen-bond acceptors (Lipinski definition) is 4. The number of benzene rings is 2. The van der Waals surface area contributed by atoms with Gasteiger partial charge in [0.15, 0.2) is 0 Å². The van der Waals surface area contributed by atoms with Crippen LogP contribution >= 0.6 is 0 Å². The Morgan fingerprint density at radius 1 is 1.15 bits per heavy atom. The summed E-state index contributed by atoms with van der Waals surface area (Å²) in [6.45, 7) is 5.75. The molecule has 2 aromatic carbocycles. The molecule has 2 aromatic rings. The van der Waals surface area contributed by atoms with Crippen molar-refractivity contribution in [3.05, 3.63) is 59.7 Å². The maximum atomic E-state index is 12.5. The molecule has 0 spiro atoms. The van der Waals surface area contributed by atoms with Gasteiger partial charge >= 0.3 is 0 Å². The standard InChI is InChI=1S/C20H26N2O4S/c1-5-26-19-9-7-6-8-18(19)22(27(4,24)25)14-20(23)21-16(3)17-12-10-15(2)11-13-17/h6-13,16H,5,14H2,1-4H3,(H,21,23)/t16-/m1/s1. The third-order valence-corrected chi connectivity index (χ3v) is 5.20. The summed E-state index contributed by atoms with van der Waals surface area (Å²) in [5.74, 6) is 0.0320. The van der Waals surface area contributed by atoms with Crippen LogP contribution < -0.4 is 14.4 Å². The second-order valence-electron chi connectivity index (χ2n) is 6.37. The molecule has 0 saturated heterocycles. The molecule has 0 aliphatic carbocycles. The molecule has 1 N–H and O–H groups in total. The number of ether oxygens (including phenoxy) is 1. The van der Waals surface area contributed by atoms with Crippen LogP contribution in [0.1, 0.15) is 31.0 Å². The van der Waals surface area contributed by atoms with Crippen molar-refractivity contribution in [3.63, 3.8) is 0 Å². The lowest BCUT2D eigenvalue weighted by atomic mass is 10.1. The Balaban J connectivity index is 2.19. The average Bonchev–Trinajstić information content (AvgIpc) is 2.60. The zero-order valence-electron chi connectivity index (χ0n) is 16.1. The topological polar surface area (TPSA) is 75.7 Å². The van der Waals surface area contributed by atoms with Crippen LogP contribution in [0.15, 0.2) is 48.5 Å². The van der Waals surface area contributed by atoms with Crippen molar-refractivity contribution in [3.8, 4) is 5.75 Å². The van der Waals surface area contributed by atoms with Crippen LogP contribution in [0.3, 0.4) is 0 Å². The van der Waals surface area contributed by atoms with Crippen LogP contribution in [-0.4, -0.2) is 33.7 Å². The zero-order valence-corrected chi connectivity index (χ0v) is 16.9. The fourth-order valence-electron chi connectivity index (χ4n) is 2.68. The first-order chi connectivity index (χ1) is 12.7. The van der Waals surface area contributed by atoms with Crippen molar-refractivity contribution < 1.29 is 17.9 Å². The van der Waals surface area contributed by atoms with Gasteiger partial charge in [-0.2, -0.15) is 0 Å². The first-order valence-electron chi connectivity index (χ1n) is 8.77.